The molecule has 0 aromatic heterocycles. The Kier molecular flexibility index (Phi) is 66.4. The second-order valence-corrected chi connectivity index (χ2v) is 24.2. The van der Waals surface area contributed by atoms with E-state index in [1.54, 1.807) is 6.08 Å². The van der Waals surface area contributed by atoms with Crippen LogP contribution in [0.25, 0.3) is 0 Å². The van der Waals surface area contributed by atoms with Gasteiger partial charge in [-0.3, -0.25) is 9.59 Å². The van der Waals surface area contributed by atoms with E-state index in [1.807, 2.05) is 6.08 Å². The van der Waals surface area contributed by atoms with Crippen LogP contribution < -0.4 is 5.32 Å². The Labute approximate surface area is 493 Å². The Morgan fingerprint density at radius 3 is 1.00 bits per heavy atom. The molecule has 0 aliphatic carbocycles. The lowest BCUT2D eigenvalue weighted by Gasteiger charge is -2.20. The second-order valence-electron chi connectivity index (χ2n) is 24.2. The lowest BCUT2D eigenvalue weighted by atomic mass is 10.0. The van der Waals surface area contributed by atoms with Gasteiger partial charge in [-0.25, -0.2) is 0 Å². The highest BCUT2D eigenvalue weighted by Crippen LogP contribution is 2.18. The molecule has 0 saturated heterocycles. The van der Waals surface area contributed by atoms with Gasteiger partial charge >= 0.3 is 5.97 Å². The standard InChI is InChI=1S/C73H137NO5/c1-3-5-7-9-11-13-15-17-19-20-21-22-23-25-28-31-34-38-41-45-49-53-57-61-65-71(76)70(69-75)74-72(77)66-62-58-54-50-46-42-39-35-32-29-26-24-27-30-33-36-40-44-48-52-56-60-64-68-79-73(78)67-63-59-55-51-47-43-37-18-16-14-12-10-8-6-4-2/h12,14,18,29,32,37,61,65,70-71,75-76H,3-11,13,15-17,19-28,30-31,33-36,38-60,62-64,66-69H2,1-2H3,(H,74,77)/b14-12-,32-29-,37-18-,65-61+. The van der Waals surface area contributed by atoms with Gasteiger partial charge in [-0.05, 0) is 89.9 Å². The van der Waals surface area contributed by atoms with Crippen molar-refractivity contribution in [2.75, 3.05) is 13.2 Å². The highest BCUT2D eigenvalue weighted by Gasteiger charge is 2.18. The zero-order valence-corrected chi connectivity index (χ0v) is 53.1. The maximum Gasteiger partial charge on any atom is 0.305 e. The molecule has 0 heterocycles. The van der Waals surface area contributed by atoms with Crippen LogP contribution in [-0.4, -0.2) is 47.4 Å². The Balaban J connectivity index is 3.45. The topological polar surface area (TPSA) is 95.9 Å². The van der Waals surface area contributed by atoms with Crippen LogP contribution in [0, 0.1) is 0 Å². The van der Waals surface area contributed by atoms with Crippen molar-refractivity contribution in [1.29, 1.82) is 0 Å². The van der Waals surface area contributed by atoms with Crippen LogP contribution in [0.4, 0.5) is 0 Å². The predicted molar refractivity (Wildman–Crippen MR) is 347 cm³/mol. The van der Waals surface area contributed by atoms with Gasteiger partial charge in [-0.1, -0.05) is 326 Å². The summed E-state index contributed by atoms with van der Waals surface area (Å²) in [6.45, 7) is 4.90. The van der Waals surface area contributed by atoms with Crippen molar-refractivity contribution in [3.8, 4) is 0 Å². The molecular formula is C73H137NO5. The highest BCUT2D eigenvalue weighted by molar-refractivity contribution is 5.76. The molecule has 0 aliphatic rings. The van der Waals surface area contributed by atoms with Crippen LogP contribution in [-0.2, 0) is 14.3 Å². The maximum atomic E-state index is 12.5. The molecule has 0 radical (unpaired) electrons. The largest absolute Gasteiger partial charge is 0.466 e. The number of hydrogen-bond donors (Lipinski definition) is 3. The van der Waals surface area contributed by atoms with Crippen molar-refractivity contribution >= 4 is 11.9 Å². The minimum Gasteiger partial charge on any atom is -0.466 e. The van der Waals surface area contributed by atoms with Gasteiger partial charge in [0.1, 0.15) is 0 Å². The van der Waals surface area contributed by atoms with Crippen LogP contribution in [0.5, 0.6) is 0 Å². The molecule has 6 nitrogen and oxygen atoms in total. The number of ether oxygens (including phenoxy) is 1. The Bertz CT molecular complexity index is 1320. The molecule has 0 aromatic rings. The number of hydrogen-bond acceptors (Lipinski definition) is 5. The van der Waals surface area contributed by atoms with Crippen LogP contribution >= 0.6 is 0 Å². The number of aliphatic hydroxyl groups is 2. The van der Waals surface area contributed by atoms with Gasteiger partial charge in [0.05, 0.1) is 25.4 Å². The SMILES string of the molecule is CCCCC/C=C\C/C=C\CCCCCCCC(=O)OCCCCCCCCCCCCCC/C=C\CCCCCCCCCC(=O)NC(CO)C(O)/C=C/CCCCCCCCCCCCCCCCCCCCCCCC. The number of aliphatic hydroxyl groups excluding tert-OH is 2. The molecule has 3 N–H and O–H groups in total. The van der Waals surface area contributed by atoms with Gasteiger partial charge in [-0.15, -0.1) is 0 Å². The summed E-state index contributed by atoms with van der Waals surface area (Å²) >= 11 is 0. The lowest BCUT2D eigenvalue weighted by molar-refractivity contribution is -0.143. The smallest absolute Gasteiger partial charge is 0.305 e. The predicted octanol–water partition coefficient (Wildman–Crippen LogP) is 22.9. The minimum absolute atomic E-state index is 0.00279. The van der Waals surface area contributed by atoms with Crippen molar-refractivity contribution in [3.05, 3.63) is 48.6 Å². The first-order chi connectivity index (χ1) is 39.0. The van der Waals surface area contributed by atoms with Crippen LogP contribution in [0.3, 0.4) is 0 Å². The van der Waals surface area contributed by atoms with Gasteiger partial charge in [0.25, 0.3) is 0 Å². The van der Waals surface area contributed by atoms with Crippen molar-refractivity contribution in [2.24, 2.45) is 0 Å². The maximum absolute atomic E-state index is 12.5. The minimum atomic E-state index is -0.851. The average molecular weight is 1110 g/mol. The van der Waals surface area contributed by atoms with E-state index in [-0.39, 0.29) is 18.5 Å². The zero-order chi connectivity index (χ0) is 57.1. The fourth-order valence-corrected chi connectivity index (χ4v) is 10.9. The third-order valence-corrected chi connectivity index (χ3v) is 16.3. The zero-order valence-electron chi connectivity index (χ0n) is 53.1. The number of unbranched alkanes of at least 4 members (excludes halogenated alkanes) is 49. The average Bonchev–Trinajstić information content (AvgIpc) is 3.45. The molecular weight excluding hydrogens is 971 g/mol. The summed E-state index contributed by atoms with van der Waals surface area (Å²) in [5.41, 5.74) is 0. The summed E-state index contributed by atoms with van der Waals surface area (Å²) < 4.78 is 5.48. The van der Waals surface area contributed by atoms with E-state index in [1.165, 1.54) is 295 Å². The molecule has 0 spiro atoms. The molecule has 2 atom stereocenters. The van der Waals surface area contributed by atoms with E-state index in [0.29, 0.717) is 19.4 Å². The van der Waals surface area contributed by atoms with Gasteiger partial charge in [-0.2, -0.15) is 0 Å². The Morgan fingerprint density at radius 1 is 0.354 bits per heavy atom. The molecule has 6 heteroatoms. The summed E-state index contributed by atoms with van der Waals surface area (Å²) in [6.07, 6.45) is 89.0. The Morgan fingerprint density at radius 2 is 0.633 bits per heavy atom. The summed E-state index contributed by atoms with van der Waals surface area (Å²) in [6, 6.07) is -0.635. The molecule has 464 valence electrons. The highest BCUT2D eigenvalue weighted by atomic mass is 16.5. The van der Waals surface area contributed by atoms with Crippen molar-refractivity contribution in [2.45, 2.75) is 392 Å². The molecule has 0 fully saturated rings. The van der Waals surface area contributed by atoms with Crippen molar-refractivity contribution in [1.82, 2.24) is 5.32 Å². The van der Waals surface area contributed by atoms with E-state index < -0.39 is 12.1 Å². The first-order valence-electron chi connectivity index (χ1n) is 35.4. The van der Waals surface area contributed by atoms with Crippen molar-refractivity contribution < 1.29 is 24.5 Å². The number of amides is 1. The first-order valence-corrected chi connectivity index (χ1v) is 35.4. The summed E-state index contributed by atoms with van der Waals surface area (Å²) in [4.78, 5) is 24.6. The monoisotopic (exact) mass is 1110 g/mol. The van der Waals surface area contributed by atoms with Crippen LogP contribution in [0.1, 0.15) is 380 Å². The van der Waals surface area contributed by atoms with E-state index in [9.17, 15) is 19.8 Å². The molecule has 0 aromatic carbocycles. The number of allylic oxidation sites excluding steroid dienone is 7. The summed E-state index contributed by atoms with van der Waals surface area (Å²) in [7, 11) is 0. The third kappa shape index (κ3) is 64.8. The van der Waals surface area contributed by atoms with Gasteiger partial charge in [0.2, 0.25) is 5.91 Å². The van der Waals surface area contributed by atoms with E-state index in [2.05, 4.69) is 55.6 Å². The number of carbonyl (C=O) groups excluding carboxylic acids is 2. The molecule has 1 amide bonds. The van der Waals surface area contributed by atoms with E-state index >= 15 is 0 Å². The molecule has 2 unspecified atom stereocenters. The molecule has 79 heavy (non-hydrogen) atoms. The van der Waals surface area contributed by atoms with Crippen LogP contribution in [0.15, 0.2) is 48.6 Å². The third-order valence-electron chi connectivity index (χ3n) is 16.3. The molecule has 0 rings (SSSR count). The number of nitrogens with one attached hydrogen (secondary N) is 1. The van der Waals surface area contributed by atoms with E-state index in [4.69, 9.17) is 4.74 Å². The number of esters is 1. The van der Waals surface area contributed by atoms with Gasteiger partial charge in [0.15, 0.2) is 0 Å². The number of rotatable bonds is 66. The fourth-order valence-electron chi connectivity index (χ4n) is 10.9. The molecule has 0 aliphatic heterocycles. The quantitative estimate of drug-likeness (QED) is 0.0320. The van der Waals surface area contributed by atoms with E-state index in [0.717, 1.165) is 57.8 Å². The molecule has 0 bridgehead atoms. The van der Waals surface area contributed by atoms with Crippen LogP contribution in [0.2, 0.25) is 0 Å². The molecule has 0 saturated carbocycles. The van der Waals surface area contributed by atoms with Gasteiger partial charge in [0, 0.05) is 12.8 Å². The van der Waals surface area contributed by atoms with Crippen molar-refractivity contribution in [3.63, 3.8) is 0 Å². The normalized spacial score (nSPS) is 12.8. The Hall–Kier alpha value is -2.18. The summed E-state index contributed by atoms with van der Waals surface area (Å²) in [5.74, 6) is -0.0739. The lowest BCUT2D eigenvalue weighted by Crippen LogP contribution is -2.45. The summed E-state index contributed by atoms with van der Waals surface area (Å²) in [5, 5.41) is 23.3. The second kappa shape index (κ2) is 68.3. The number of carbonyl (C=O) groups is 2. The fraction of sp³-hybridized carbons (Fsp3) is 0.863. The first kappa shape index (κ1) is 76.8. The van der Waals surface area contributed by atoms with Gasteiger partial charge < -0.3 is 20.3 Å².